The summed E-state index contributed by atoms with van der Waals surface area (Å²) in [4.78, 5) is 0. The SMILES string of the molecule is CC(C)(C)c1ccc2c(c1)c1ccc3c4ccccc4oc3c1n2-c1c(C#N)c(-n2c3ccccc3c3ccccc32)c(-n2c3ccccc3c3ccccc32)c(C#N)c1-n1c2ccccc2c2ccccc21. The summed E-state index contributed by atoms with van der Waals surface area (Å²) in [5.74, 6) is 0. The normalized spacial score (nSPS) is 12.3. The Morgan fingerprint density at radius 3 is 1.08 bits per heavy atom. The molecule has 0 saturated heterocycles. The van der Waals surface area contributed by atoms with E-state index in [-0.39, 0.29) is 5.41 Å². The van der Waals surface area contributed by atoms with E-state index >= 15 is 0 Å². The molecule has 0 N–H and O–H groups in total. The first-order valence-electron chi connectivity index (χ1n) is 24.7. The molecule has 15 rings (SSSR count). The Morgan fingerprint density at radius 2 is 0.685 bits per heavy atom. The molecule has 342 valence electrons. The molecule has 5 aromatic heterocycles. The molecule has 15 aromatic rings. The topological polar surface area (TPSA) is 80.4 Å². The Morgan fingerprint density at radius 1 is 0.342 bits per heavy atom. The van der Waals surface area contributed by atoms with Crippen molar-refractivity contribution in [3.05, 3.63) is 217 Å². The lowest BCUT2D eigenvalue weighted by Gasteiger charge is -2.27. The number of rotatable bonds is 4. The highest BCUT2D eigenvalue weighted by Crippen LogP contribution is 2.50. The minimum absolute atomic E-state index is 0.167. The van der Waals surface area contributed by atoms with Gasteiger partial charge in [-0.1, -0.05) is 160 Å². The zero-order chi connectivity index (χ0) is 48.9. The first kappa shape index (κ1) is 41.0. The molecule has 0 unspecified atom stereocenters. The molecule has 0 bridgehead atoms. The van der Waals surface area contributed by atoms with Gasteiger partial charge in [0, 0.05) is 53.9 Å². The fourth-order valence-electron chi connectivity index (χ4n) is 12.3. The maximum absolute atomic E-state index is 12.7. The molecular formula is C66H42N6O. The zero-order valence-corrected chi connectivity index (χ0v) is 40.1. The van der Waals surface area contributed by atoms with E-state index < -0.39 is 0 Å². The van der Waals surface area contributed by atoms with Crippen LogP contribution in [0.5, 0.6) is 0 Å². The Bertz CT molecular complexity index is 4830. The standard InChI is InChI=1S/C66H42N6O/c1-66(2,3)39-32-35-58-49(36-39)47-33-34-48-46-24-10-17-31-59(46)73-65(48)64(47)72(58)63-51(38-68)61(70-54-27-13-6-20-42(54)43-21-7-14-28-55(43)70)60(69-52-25-11-4-18-40(52)41-19-5-12-26-53(41)69)50(37-67)62(63)71-56-29-15-8-22-44(56)45-23-9-16-30-57(45)71/h4-36H,1-3H3. The van der Waals surface area contributed by atoms with Crippen LogP contribution in [-0.4, -0.2) is 18.3 Å². The van der Waals surface area contributed by atoms with Crippen molar-refractivity contribution < 1.29 is 4.42 Å². The van der Waals surface area contributed by atoms with Crippen molar-refractivity contribution >= 4 is 109 Å². The molecule has 0 radical (unpaired) electrons. The minimum atomic E-state index is -0.167. The molecule has 0 saturated carbocycles. The molecular weight excluding hydrogens is 893 g/mol. The van der Waals surface area contributed by atoms with Gasteiger partial charge >= 0.3 is 0 Å². The quantitative estimate of drug-likeness (QED) is 0.176. The fraction of sp³-hybridized carbons (Fsp3) is 0.0606. The number of para-hydroxylation sites is 7. The molecule has 7 nitrogen and oxygen atoms in total. The summed E-state index contributed by atoms with van der Waals surface area (Å²) in [5.41, 5.74) is 12.8. The number of benzene rings is 10. The fourth-order valence-corrected chi connectivity index (χ4v) is 12.3. The molecule has 10 aromatic carbocycles. The van der Waals surface area contributed by atoms with Gasteiger partial charge in [0.2, 0.25) is 0 Å². The summed E-state index contributed by atoms with van der Waals surface area (Å²) >= 11 is 0. The summed E-state index contributed by atoms with van der Waals surface area (Å²) in [6.07, 6.45) is 0. The molecule has 0 fully saturated rings. The van der Waals surface area contributed by atoms with Crippen molar-refractivity contribution in [1.82, 2.24) is 18.3 Å². The van der Waals surface area contributed by atoms with Crippen molar-refractivity contribution in [2.75, 3.05) is 0 Å². The van der Waals surface area contributed by atoms with E-state index in [0.717, 1.165) is 104 Å². The zero-order valence-electron chi connectivity index (χ0n) is 40.1. The first-order chi connectivity index (χ1) is 35.8. The number of aromatic nitrogens is 4. The Hall–Kier alpha value is -9.82. The van der Waals surface area contributed by atoms with E-state index in [4.69, 9.17) is 4.42 Å². The molecule has 5 heterocycles. The van der Waals surface area contributed by atoms with Crippen molar-refractivity contribution in [3.8, 4) is 34.9 Å². The van der Waals surface area contributed by atoms with Crippen molar-refractivity contribution in [3.63, 3.8) is 0 Å². The second-order valence-electron chi connectivity index (χ2n) is 20.2. The smallest absolute Gasteiger partial charge is 0.160 e. The van der Waals surface area contributed by atoms with Gasteiger partial charge < -0.3 is 22.7 Å². The molecule has 0 amide bonds. The third-order valence-electron chi connectivity index (χ3n) is 15.4. The third kappa shape index (κ3) is 5.45. The predicted molar refractivity (Wildman–Crippen MR) is 299 cm³/mol. The number of furan rings is 1. The van der Waals surface area contributed by atoms with Gasteiger partial charge in [0.15, 0.2) is 5.58 Å². The summed E-state index contributed by atoms with van der Waals surface area (Å²) in [5, 5.41) is 35.6. The van der Waals surface area contributed by atoms with E-state index in [9.17, 15) is 10.5 Å². The molecule has 73 heavy (non-hydrogen) atoms. The molecule has 0 aliphatic carbocycles. The van der Waals surface area contributed by atoms with E-state index in [2.05, 4.69) is 233 Å². The van der Waals surface area contributed by atoms with Crippen LogP contribution >= 0.6 is 0 Å². The van der Waals surface area contributed by atoms with Crippen LogP contribution in [-0.2, 0) is 5.41 Å². The number of nitriles is 2. The minimum Gasteiger partial charge on any atom is -0.454 e. The van der Waals surface area contributed by atoms with E-state index in [1.165, 1.54) is 5.56 Å². The Kier molecular flexibility index (Phi) is 8.34. The summed E-state index contributed by atoms with van der Waals surface area (Å²) < 4.78 is 16.0. The van der Waals surface area contributed by atoms with Crippen molar-refractivity contribution in [2.45, 2.75) is 26.2 Å². The molecule has 7 heteroatoms. The predicted octanol–water partition coefficient (Wildman–Crippen LogP) is 17.0. The second kappa shape index (κ2) is 14.9. The highest BCUT2D eigenvalue weighted by Gasteiger charge is 2.35. The van der Waals surface area contributed by atoms with E-state index in [1.54, 1.807) is 0 Å². The van der Waals surface area contributed by atoms with Gasteiger partial charge in [-0.15, -0.1) is 0 Å². The van der Waals surface area contributed by atoms with Gasteiger partial charge in [0.05, 0.1) is 66.9 Å². The van der Waals surface area contributed by atoms with Gasteiger partial charge in [0.25, 0.3) is 0 Å². The molecule has 0 aliphatic heterocycles. The highest BCUT2D eigenvalue weighted by molar-refractivity contribution is 6.23. The number of nitrogens with zero attached hydrogens (tertiary/aromatic N) is 6. The highest BCUT2D eigenvalue weighted by atomic mass is 16.3. The van der Waals surface area contributed by atoms with Crippen LogP contribution in [0, 0.1) is 22.7 Å². The molecule has 0 atom stereocenters. The summed E-state index contributed by atoms with van der Waals surface area (Å²) in [6, 6.07) is 75.6. The van der Waals surface area contributed by atoms with Crippen LogP contribution < -0.4 is 0 Å². The average molecular weight is 935 g/mol. The Labute approximate surface area is 418 Å². The summed E-state index contributed by atoms with van der Waals surface area (Å²) in [6.45, 7) is 6.72. The van der Waals surface area contributed by atoms with E-state index in [1.807, 2.05) is 18.2 Å². The van der Waals surface area contributed by atoms with E-state index in [0.29, 0.717) is 39.5 Å². The molecule has 0 aliphatic rings. The van der Waals surface area contributed by atoms with Crippen LogP contribution in [0.4, 0.5) is 0 Å². The van der Waals surface area contributed by atoms with Crippen LogP contribution in [0.3, 0.4) is 0 Å². The summed E-state index contributed by atoms with van der Waals surface area (Å²) in [7, 11) is 0. The van der Waals surface area contributed by atoms with Crippen molar-refractivity contribution in [1.29, 1.82) is 10.5 Å². The van der Waals surface area contributed by atoms with Crippen LogP contribution in [0.2, 0.25) is 0 Å². The van der Waals surface area contributed by atoms with Gasteiger partial charge in [0.1, 0.15) is 28.8 Å². The number of fused-ring (bicyclic) bond motifs is 16. The van der Waals surface area contributed by atoms with Gasteiger partial charge in [-0.25, -0.2) is 0 Å². The van der Waals surface area contributed by atoms with Gasteiger partial charge in [-0.3, -0.25) is 0 Å². The average Bonchev–Trinajstić information content (AvgIpc) is 4.23. The monoisotopic (exact) mass is 934 g/mol. The lowest BCUT2D eigenvalue weighted by Crippen LogP contribution is -2.17. The lowest BCUT2D eigenvalue weighted by molar-refractivity contribution is 0.591. The van der Waals surface area contributed by atoms with Crippen LogP contribution in [0.15, 0.2) is 205 Å². The van der Waals surface area contributed by atoms with Gasteiger partial charge in [-0.05, 0) is 71.6 Å². The first-order valence-corrected chi connectivity index (χ1v) is 24.7. The van der Waals surface area contributed by atoms with Crippen LogP contribution in [0.25, 0.3) is 132 Å². The Balaban J connectivity index is 1.29. The van der Waals surface area contributed by atoms with Gasteiger partial charge in [-0.2, -0.15) is 10.5 Å². The number of hydrogen-bond acceptors (Lipinski definition) is 3. The maximum Gasteiger partial charge on any atom is 0.160 e. The molecule has 0 spiro atoms. The third-order valence-corrected chi connectivity index (χ3v) is 15.4. The second-order valence-corrected chi connectivity index (χ2v) is 20.2. The number of hydrogen-bond donors (Lipinski definition) is 0. The largest absolute Gasteiger partial charge is 0.454 e. The van der Waals surface area contributed by atoms with Crippen molar-refractivity contribution in [2.24, 2.45) is 0 Å². The maximum atomic E-state index is 12.7. The van der Waals surface area contributed by atoms with Crippen LogP contribution in [0.1, 0.15) is 37.5 Å². The lowest BCUT2D eigenvalue weighted by atomic mass is 9.86.